The highest BCUT2D eigenvalue weighted by Gasteiger charge is 2.27. The molecule has 0 unspecified atom stereocenters. The Bertz CT molecular complexity index is 430. The molecule has 0 saturated heterocycles. The van der Waals surface area contributed by atoms with E-state index in [1.165, 1.54) is 0 Å². The first kappa shape index (κ1) is 10.5. The zero-order valence-electron chi connectivity index (χ0n) is 8.47. The zero-order valence-corrected chi connectivity index (χ0v) is 8.47. The van der Waals surface area contributed by atoms with Crippen LogP contribution >= 0.6 is 0 Å². The molecule has 1 heterocycles. The summed E-state index contributed by atoms with van der Waals surface area (Å²) in [6.07, 6.45) is -0.624. The van der Waals surface area contributed by atoms with Crippen molar-refractivity contribution >= 4 is 17.6 Å². The van der Waals surface area contributed by atoms with Gasteiger partial charge in [0.05, 0.1) is 5.69 Å². The fourth-order valence-corrected chi connectivity index (χ4v) is 1.54. The molecule has 1 aliphatic rings. The molecule has 0 bridgehead atoms. The lowest BCUT2D eigenvalue weighted by Gasteiger charge is -2.25. The second kappa shape index (κ2) is 4.22. The van der Waals surface area contributed by atoms with Gasteiger partial charge >= 0.3 is 5.97 Å². The molecule has 1 aromatic rings. The lowest BCUT2D eigenvalue weighted by atomic mass is 10.1. The molecule has 1 atom stereocenters. The van der Waals surface area contributed by atoms with E-state index in [0.29, 0.717) is 11.4 Å². The van der Waals surface area contributed by atoms with Crippen LogP contribution in [-0.4, -0.2) is 23.1 Å². The quantitative estimate of drug-likeness (QED) is 0.805. The first-order valence-corrected chi connectivity index (χ1v) is 4.95. The maximum Gasteiger partial charge on any atom is 0.303 e. The second-order valence-corrected chi connectivity index (χ2v) is 3.52. The molecule has 16 heavy (non-hydrogen) atoms. The summed E-state index contributed by atoms with van der Waals surface area (Å²) >= 11 is 0. The summed E-state index contributed by atoms with van der Waals surface area (Å²) in [5.74, 6) is -0.646. The standard InChI is InChI=1S/C11H11NO4/c13-10(14)6-5-9-11(15)12-7-3-1-2-4-8(7)16-9/h1-4,9H,5-6H2,(H,12,15)(H,13,14)/t9-/m0/s1. The van der Waals surface area contributed by atoms with Gasteiger partial charge in [0.15, 0.2) is 6.10 Å². The molecule has 5 heteroatoms. The van der Waals surface area contributed by atoms with Gasteiger partial charge in [0.1, 0.15) is 5.75 Å². The topological polar surface area (TPSA) is 75.6 Å². The number of hydrogen-bond donors (Lipinski definition) is 2. The van der Waals surface area contributed by atoms with Crippen molar-refractivity contribution in [2.75, 3.05) is 5.32 Å². The summed E-state index contributed by atoms with van der Waals surface area (Å²) < 4.78 is 5.42. The highest BCUT2D eigenvalue weighted by Crippen LogP contribution is 2.29. The molecule has 0 radical (unpaired) electrons. The normalized spacial score (nSPS) is 18.2. The van der Waals surface area contributed by atoms with Crippen LogP contribution in [0.2, 0.25) is 0 Å². The van der Waals surface area contributed by atoms with Crippen molar-refractivity contribution in [3.63, 3.8) is 0 Å². The second-order valence-electron chi connectivity index (χ2n) is 3.52. The molecular formula is C11H11NO4. The fraction of sp³-hybridized carbons (Fsp3) is 0.273. The van der Waals surface area contributed by atoms with Crippen LogP contribution in [0.15, 0.2) is 24.3 Å². The third-order valence-corrected chi connectivity index (χ3v) is 2.33. The molecule has 1 amide bonds. The van der Waals surface area contributed by atoms with Gasteiger partial charge in [0.25, 0.3) is 5.91 Å². The molecule has 2 rings (SSSR count). The summed E-state index contributed by atoms with van der Waals surface area (Å²) in [5.41, 5.74) is 0.624. The Balaban J connectivity index is 2.09. The number of amides is 1. The Morgan fingerprint density at radius 3 is 2.94 bits per heavy atom. The number of carboxylic acids is 1. The minimum atomic E-state index is -0.935. The Hall–Kier alpha value is -2.04. The maximum absolute atomic E-state index is 11.5. The molecule has 0 spiro atoms. The third kappa shape index (κ3) is 2.13. The highest BCUT2D eigenvalue weighted by molar-refractivity contribution is 5.97. The zero-order chi connectivity index (χ0) is 11.5. The Morgan fingerprint density at radius 2 is 2.19 bits per heavy atom. The van der Waals surface area contributed by atoms with Gasteiger partial charge in [-0.15, -0.1) is 0 Å². The minimum Gasteiger partial charge on any atom is -0.481 e. The largest absolute Gasteiger partial charge is 0.481 e. The van der Waals surface area contributed by atoms with E-state index in [-0.39, 0.29) is 18.7 Å². The van der Waals surface area contributed by atoms with Gasteiger partial charge in [-0.05, 0) is 12.1 Å². The monoisotopic (exact) mass is 221 g/mol. The molecule has 1 aromatic carbocycles. The van der Waals surface area contributed by atoms with Crippen LogP contribution in [0.1, 0.15) is 12.8 Å². The molecule has 5 nitrogen and oxygen atoms in total. The van der Waals surface area contributed by atoms with Crippen LogP contribution in [0.4, 0.5) is 5.69 Å². The number of benzene rings is 1. The molecule has 0 aliphatic carbocycles. The van der Waals surface area contributed by atoms with Gasteiger partial charge in [-0.25, -0.2) is 0 Å². The first-order chi connectivity index (χ1) is 7.66. The number of nitrogens with one attached hydrogen (secondary N) is 1. The number of carbonyl (C=O) groups excluding carboxylic acids is 1. The average molecular weight is 221 g/mol. The molecular weight excluding hydrogens is 210 g/mol. The Kier molecular flexibility index (Phi) is 2.76. The lowest BCUT2D eigenvalue weighted by Crippen LogP contribution is -2.37. The van der Waals surface area contributed by atoms with Crippen LogP contribution in [0.25, 0.3) is 0 Å². The predicted molar refractivity (Wildman–Crippen MR) is 56.4 cm³/mol. The Morgan fingerprint density at radius 1 is 1.44 bits per heavy atom. The minimum absolute atomic E-state index is 0.0831. The number of fused-ring (bicyclic) bond motifs is 1. The van der Waals surface area contributed by atoms with Crippen LogP contribution in [-0.2, 0) is 9.59 Å². The number of carbonyl (C=O) groups is 2. The number of para-hydroxylation sites is 2. The predicted octanol–water partition coefficient (Wildman–Crippen LogP) is 1.25. The van der Waals surface area contributed by atoms with E-state index >= 15 is 0 Å². The highest BCUT2D eigenvalue weighted by atomic mass is 16.5. The van der Waals surface area contributed by atoms with Crippen molar-refractivity contribution in [3.05, 3.63) is 24.3 Å². The lowest BCUT2D eigenvalue weighted by molar-refractivity contribution is -0.137. The Labute approximate surface area is 92.0 Å². The van der Waals surface area contributed by atoms with E-state index in [4.69, 9.17) is 9.84 Å². The summed E-state index contributed by atoms with van der Waals surface area (Å²) in [6, 6.07) is 7.06. The third-order valence-electron chi connectivity index (χ3n) is 2.33. The van der Waals surface area contributed by atoms with E-state index in [2.05, 4.69) is 5.32 Å². The summed E-state index contributed by atoms with van der Waals surface area (Å²) in [4.78, 5) is 21.9. The van der Waals surface area contributed by atoms with Gasteiger partial charge in [-0.3, -0.25) is 9.59 Å². The first-order valence-electron chi connectivity index (χ1n) is 4.95. The van der Waals surface area contributed by atoms with Crippen LogP contribution in [0.3, 0.4) is 0 Å². The number of carboxylic acid groups (broad SMARTS) is 1. The average Bonchev–Trinajstić information content (AvgIpc) is 2.26. The van der Waals surface area contributed by atoms with E-state index in [1.807, 2.05) is 0 Å². The molecule has 84 valence electrons. The van der Waals surface area contributed by atoms with E-state index in [9.17, 15) is 9.59 Å². The van der Waals surface area contributed by atoms with Crippen LogP contribution in [0, 0.1) is 0 Å². The van der Waals surface area contributed by atoms with Crippen molar-refractivity contribution in [1.29, 1.82) is 0 Å². The molecule has 0 fully saturated rings. The van der Waals surface area contributed by atoms with Gasteiger partial charge < -0.3 is 15.2 Å². The van der Waals surface area contributed by atoms with Gasteiger partial charge in [0.2, 0.25) is 0 Å². The van der Waals surface area contributed by atoms with Gasteiger partial charge in [0, 0.05) is 12.8 Å². The number of hydrogen-bond acceptors (Lipinski definition) is 3. The SMILES string of the molecule is O=C(O)CC[C@@H]1Oc2ccccc2NC1=O. The van der Waals surface area contributed by atoms with E-state index in [0.717, 1.165) is 0 Å². The number of anilines is 1. The van der Waals surface area contributed by atoms with E-state index in [1.54, 1.807) is 24.3 Å². The smallest absolute Gasteiger partial charge is 0.303 e. The fourth-order valence-electron chi connectivity index (χ4n) is 1.54. The van der Waals surface area contributed by atoms with Gasteiger partial charge in [-0.2, -0.15) is 0 Å². The summed E-state index contributed by atoms with van der Waals surface area (Å²) in [5, 5.41) is 11.2. The number of aliphatic carboxylic acids is 1. The number of rotatable bonds is 3. The summed E-state index contributed by atoms with van der Waals surface area (Å²) in [7, 11) is 0. The van der Waals surface area contributed by atoms with E-state index < -0.39 is 12.1 Å². The van der Waals surface area contributed by atoms with Gasteiger partial charge in [-0.1, -0.05) is 12.1 Å². The maximum atomic E-state index is 11.5. The summed E-state index contributed by atoms with van der Waals surface area (Å²) in [6.45, 7) is 0. The van der Waals surface area contributed by atoms with Crippen LogP contribution in [0.5, 0.6) is 5.75 Å². The van der Waals surface area contributed by atoms with Crippen molar-refractivity contribution in [2.24, 2.45) is 0 Å². The molecule has 2 N–H and O–H groups in total. The van der Waals surface area contributed by atoms with Crippen molar-refractivity contribution in [1.82, 2.24) is 0 Å². The molecule has 0 saturated carbocycles. The van der Waals surface area contributed by atoms with Crippen molar-refractivity contribution in [3.8, 4) is 5.75 Å². The van der Waals surface area contributed by atoms with Crippen molar-refractivity contribution in [2.45, 2.75) is 18.9 Å². The number of ether oxygens (including phenoxy) is 1. The van der Waals surface area contributed by atoms with Crippen LogP contribution < -0.4 is 10.1 Å². The molecule has 1 aliphatic heterocycles. The van der Waals surface area contributed by atoms with Crippen molar-refractivity contribution < 1.29 is 19.4 Å². The molecule has 0 aromatic heterocycles.